The van der Waals surface area contributed by atoms with Crippen LogP contribution in [0.1, 0.15) is 42.3 Å². The van der Waals surface area contributed by atoms with Crippen molar-refractivity contribution in [1.82, 2.24) is 9.62 Å². The molecule has 6 heteroatoms. The minimum absolute atomic E-state index is 0.0302. The fourth-order valence-electron chi connectivity index (χ4n) is 2.67. The highest BCUT2D eigenvalue weighted by atomic mass is 32.2. The molecule has 0 saturated heterocycles. The quantitative estimate of drug-likeness (QED) is 0.792. The van der Waals surface area contributed by atoms with Gasteiger partial charge in [0, 0.05) is 25.2 Å². The van der Waals surface area contributed by atoms with Crippen molar-refractivity contribution < 1.29 is 13.2 Å². The van der Waals surface area contributed by atoms with Crippen LogP contribution in [0, 0.1) is 0 Å². The standard InChI is InChI=1S/C21H28N2O3S/c1-21(2,3)19-12-10-18(11-13-19)20(24)22-14-15-23(27(4,25)26)16-17-8-6-5-7-9-17/h5-13H,14-16H2,1-4H3,(H,22,24). The van der Waals surface area contributed by atoms with E-state index >= 15 is 0 Å². The highest BCUT2D eigenvalue weighted by Gasteiger charge is 2.18. The molecule has 0 aromatic heterocycles. The van der Waals surface area contributed by atoms with Crippen LogP contribution < -0.4 is 5.32 Å². The molecule has 1 N–H and O–H groups in total. The molecule has 0 aliphatic rings. The van der Waals surface area contributed by atoms with E-state index < -0.39 is 10.0 Å². The molecule has 0 unspecified atom stereocenters. The van der Waals surface area contributed by atoms with Gasteiger partial charge in [0.05, 0.1) is 6.26 Å². The second-order valence-corrected chi connectivity index (χ2v) is 9.65. The third-order valence-electron chi connectivity index (χ3n) is 4.33. The van der Waals surface area contributed by atoms with Crippen LogP contribution in [0.3, 0.4) is 0 Å². The van der Waals surface area contributed by atoms with Gasteiger partial charge in [0.15, 0.2) is 0 Å². The fourth-order valence-corrected chi connectivity index (χ4v) is 3.47. The summed E-state index contributed by atoms with van der Waals surface area (Å²) >= 11 is 0. The third-order valence-corrected chi connectivity index (χ3v) is 5.58. The molecule has 2 aromatic carbocycles. The molecule has 2 rings (SSSR count). The van der Waals surface area contributed by atoms with E-state index in [1.807, 2.05) is 42.5 Å². The van der Waals surface area contributed by atoms with Crippen LogP contribution in [0.5, 0.6) is 0 Å². The van der Waals surface area contributed by atoms with Gasteiger partial charge in [-0.3, -0.25) is 4.79 Å². The number of rotatable bonds is 7. The molecule has 1 amide bonds. The van der Waals surface area contributed by atoms with E-state index in [1.54, 1.807) is 12.1 Å². The molecular formula is C21H28N2O3S. The first-order valence-corrected chi connectivity index (χ1v) is 10.8. The van der Waals surface area contributed by atoms with E-state index in [2.05, 4.69) is 26.1 Å². The Morgan fingerprint density at radius 1 is 1.00 bits per heavy atom. The van der Waals surface area contributed by atoms with Gasteiger partial charge in [-0.25, -0.2) is 8.42 Å². The number of nitrogens with one attached hydrogen (secondary N) is 1. The zero-order valence-corrected chi connectivity index (χ0v) is 17.2. The molecular weight excluding hydrogens is 360 g/mol. The molecule has 0 aliphatic heterocycles. The van der Waals surface area contributed by atoms with Crippen LogP contribution in [0.2, 0.25) is 0 Å². The van der Waals surface area contributed by atoms with Gasteiger partial charge in [0.2, 0.25) is 10.0 Å². The van der Waals surface area contributed by atoms with Gasteiger partial charge in [-0.1, -0.05) is 63.2 Å². The number of hydrogen-bond donors (Lipinski definition) is 1. The third kappa shape index (κ3) is 6.48. The fraction of sp³-hybridized carbons (Fsp3) is 0.381. The molecule has 27 heavy (non-hydrogen) atoms. The zero-order chi connectivity index (χ0) is 20.1. The lowest BCUT2D eigenvalue weighted by Crippen LogP contribution is -2.37. The highest BCUT2D eigenvalue weighted by Crippen LogP contribution is 2.22. The molecule has 5 nitrogen and oxygen atoms in total. The first-order valence-electron chi connectivity index (χ1n) is 8.95. The van der Waals surface area contributed by atoms with Crippen LogP contribution in [-0.2, 0) is 22.0 Å². The second kappa shape index (κ2) is 8.67. The summed E-state index contributed by atoms with van der Waals surface area (Å²) in [4.78, 5) is 12.3. The molecule has 0 saturated carbocycles. The van der Waals surface area contributed by atoms with E-state index in [1.165, 1.54) is 10.6 Å². The summed E-state index contributed by atoms with van der Waals surface area (Å²) in [5.41, 5.74) is 2.66. The maximum Gasteiger partial charge on any atom is 0.251 e. The smallest absolute Gasteiger partial charge is 0.251 e. The summed E-state index contributed by atoms with van der Waals surface area (Å²) < 4.78 is 25.4. The summed E-state index contributed by atoms with van der Waals surface area (Å²) in [7, 11) is -3.37. The van der Waals surface area contributed by atoms with Crippen LogP contribution in [0.4, 0.5) is 0 Å². The van der Waals surface area contributed by atoms with Gasteiger partial charge < -0.3 is 5.32 Å². The Kier molecular flexibility index (Phi) is 6.78. The Balaban J connectivity index is 1.95. The maximum atomic E-state index is 12.3. The molecule has 0 fully saturated rings. The molecule has 146 valence electrons. The maximum absolute atomic E-state index is 12.3. The number of benzene rings is 2. The number of nitrogens with zero attached hydrogens (tertiary/aromatic N) is 1. The largest absolute Gasteiger partial charge is 0.351 e. The van der Waals surface area contributed by atoms with E-state index in [9.17, 15) is 13.2 Å². The number of amides is 1. The van der Waals surface area contributed by atoms with Crippen molar-refractivity contribution in [2.45, 2.75) is 32.7 Å². The number of hydrogen-bond acceptors (Lipinski definition) is 3. The Morgan fingerprint density at radius 2 is 1.59 bits per heavy atom. The summed E-state index contributed by atoms with van der Waals surface area (Å²) in [6.45, 7) is 7.12. The minimum atomic E-state index is -3.37. The Morgan fingerprint density at radius 3 is 2.11 bits per heavy atom. The monoisotopic (exact) mass is 388 g/mol. The highest BCUT2D eigenvalue weighted by molar-refractivity contribution is 7.88. The summed E-state index contributed by atoms with van der Waals surface area (Å²) in [6, 6.07) is 16.9. The summed E-state index contributed by atoms with van der Waals surface area (Å²) in [5, 5.41) is 2.80. The molecule has 0 spiro atoms. The van der Waals surface area contributed by atoms with E-state index in [0.29, 0.717) is 5.56 Å². The Bertz CT molecular complexity index is 855. The zero-order valence-electron chi connectivity index (χ0n) is 16.4. The predicted molar refractivity (Wildman–Crippen MR) is 109 cm³/mol. The van der Waals surface area contributed by atoms with Crippen LogP contribution in [0.25, 0.3) is 0 Å². The van der Waals surface area contributed by atoms with Crippen LogP contribution >= 0.6 is 0 Å². The van der Waals surface area contributed by atoms with Crippen molar-refractivity contribution >= 4 is 15.9 Å². The van der Waals surface area contributed by atoms with Gasteiger partial charge >= 0.3 is 0 Å². The normalized spacial score (nSPS) is 12.2. The van der Waals surface area contributed by atoms with Gasteiger partial charge in [0.25, 0.3) is 5.91 Å². The van der Waals surface area contributed by atoms with Gasteiger partial charge in [-0.15, -0.1) is 0 Å². The number of carbonyl (C=O) groups excluding carboxylic acids is 1. The van der Waals surface area contributed by atoms with Crippen molar-refractivity contribution in [2.24, 2.45) is 0 Å². The number of carbonyl (C=O) groups is 1. The Hall–Kier alpha value is -2.18. The van der Waals surface area contributed by atoms with Gasteiger partial charge in [0.1, 0.15) is 0 Å². The molecule has 0 bridgehead atoms. The van der Waals surface area contributed by atoms with E-state index in [0.717, 1.165) is 11.1 Å². The average Bonchev–Trinajstić information content (AvgIpc) is 2.60. The van der Waals surface area contributed by atoms with Crippen molar-refractivity contribution in [3.05, 3.63) is 71.3 Å². The van der Waals surface area contributed by atoms with Crippen molar-refractivity contribution in [2.75, 3.05) is 19.3 Å². The predicted octanol–water partition coefficient (Wildman–Crippen LogP) is 3.18. The van der Waals surface area contributed by atoms with Crippen molar-refractivity contribution in [1.29, 1.82) is 0 Å². The van der Waals surface area contributed by atoms with Crippen molar-refractivity contribution in [3.63, 3.8) is 0 Å². The summed E-state index contributed by atoms with van der Waals surface area (Å²) in [6.07, 6.45) is 1.18. The van der Waals surface area contributed by atoms with E-state index in [4.69, 9.17) is 0 Å². The van der Waals surface area contributed by atoms with Crippen LogP contribution in [-0.4, -0.2) is 38.0 Å². The second-order valence-electron chi connectivity index (χ2n) is 7.67. The lowest BCUT2D eigenvalue weighted by molar-refractivity contribution is 0.0951. The number of sulfonamides is 1. The first kappa shape index (κ1) is 21.1. The topological polar surface area (TPSA) is 66.5 Å². The SMILES string of the molecule is CC(C)(C)c1ccc(C(=O)NCCN(Cc2ccccc2)S(C)(=O)=O)cc1. The van der Waals surface area contributed by atoms with Gasteiger partial charge in [-0.05, 0) is 28.7 Å². The molecule has 0 radical (unpaired) electrons. The molecule has 0 heterocycles. The minimum Gasteiger partial charge on any atom is -0.351 e. The van der Waals surface area contributed by atoms with Crippen molar-refractivity contribution in [3.8, 4) is 0 Å². The molecule has 0 aliphatic carbocycles. The molecule has 0 atom stereocenters. The lowest BCUT2D eigenvalue weighted by atomic mass is 9.87. The summed E-state index contributed by atoms with van der Waals surface area (Å²) in [5.74, 6) is -0.205. The average molecular weight is 389 g/mol. The molecule has 2 aromatic rings. The van der Waals surface area contributed by atoms with E-state index in [-0.39, 0.29) is 31.0 Å². The first-order chi connectivity index (χ1) is 12.6. The van der Waals surface area contributed by atoms with Crippen LogP contribution in [0.15, 0.2) is 54.6 Å². The van der Waals surface area contributed by atoms with Gasteiger partial charge in [-0.2, -0.15) is 4.31 Å². The Labute approximate surface area is 162 Å². The lowest BCUT2D eigenvalue weighted by Gasteiger charge is -2.20.